The zero-order valence-electron chi connectivity index (χ0n) is 10.7. The minimum absolute atomic E-state index is 0.00500. The number of sulfone groups is 1. The molecule has 0 radical (unpaired) electrons. The average Bonchev–Trinajstić information content (AvgIpc) is 2.52. The highest BCUT2D eigenvalue weighted by molar-refractivity contribution is 7.91. The second-order valence-electron chi connectivity index (χ2n) is 4.67. The fourth-order valence-corrected chi connectivity index (χ4v) is 4.21. The summed E-state index contributed by atoms with van der Waals surface area (Å²) >= 11 is 5.77. The molecule has 0 amide bonds. The first-order valence-electron chi connectivity index (χ1n) is 5.85. The van der Waals surface area contributed by atoms with Crippen LogP contribution in [0, 0.1) is 0 Å². The molecule has 9 heteroatoms. The number of halogens is 1. The van der Waals surface area contributed by atoms with Crippen LogP contribution < -0.4 is 10.1 Å². The van der Waals surface area contributed by atoms with E-state index in [2.05, 4.69) is 20.3 Å². The van der Waals surface area contributed by atoms with Gasteiger partial charge in [-0.2, -0.15) is 15.0 Å². The van der Waals surface area contributed by atoms with Gasteiger partial charge in [-0.05, 0) is 31.9 Å². The summed E-state index contributed by atoms with van der Waals surface area (Å²) in [6.07, 6.45) is 0.503. The zero-order valence-corrected chi connectivity index (χ0v) is 12.3. The maximum atomic E-state index is 11.5. The van der Waals surface area contributed by atoms with Crippen molar-refractivity contribution in [3.63, 3.8) is 0 Å². The van der Waals surface area contributed by atoms with Gasteiger partial charge in [-0.15, -0.1) is 0 Å². The van der Waals surface area contributed by atoms with Crippen molar-refractivity contribution in [1.29, 1.82) is 0 Å². The maximum absolute atomic E-state index is 11.5. The lowest BCUT2D eigenvalue weighted by Gasteiger charge is -2.23. The van der Waals surface area contributed by atoms with E-state index in [1.54, 1.807) is 6.92 Å². The number of nitrogens with zero attached hydrogens (tertiary/aromatic N) is 3. The van der Waals surface area contributed by atoms with E-state index in [-0.39, 0.29) is 28.7 Å². The summed E-state index contributed by atoms with van der Waals surface area (Å²) < 4.78 is 28.2. The van der Waals surface area contributed by atoms with Gasteiger partial charge in [-0.3, -0.25) is 0 Å². The lowest BCUT2D eigenvalue weighted by Crippen LogP contribution is -2.36. The third kappa shape index (κ3) is 3.66. The van der Waals surface area contributed by atoms with Crippen molar-refractivity contribution in [2.24, 2.45) is 0 Å². The minimum atomic E-state index is -3.00. The third-order valence-electron chi connectivity index (χ3n) is 2.78. The van der Waals surface area contributed by atoms with Crippen molar-refractivity contribution in [3.8, 4) is 6.01 Å². The second kappa shape index (κ2) is 5.09. The summed E-state index contributed by atoms with van der Waals surface area (Å²) in [5.41, 5.74) is -0.590. The fourth-order valence-electron chi connectivity index (χ4n) is 1.96. The van der Waals surface area contributed by atoms with E-state index in [0.29, 0.717) is 13.0 Å². The molecule has 1 aromatic rings. The Balaban J connectivity index is 2.19. The van der Waals surface area contributed by atoms with Crippen LogP contribution in [0.1, 0.15) is 20.3 Å². The van der Waals surface area contributed by atoms with Crippen LogP contribution in [0.15, 0.2) is 0 Å². The number of ether oxygens (including phenoxy) is 1. The molecule has 19 heavy (non-hydrogen) atoms. The molecular weight excluding hydrogens is 292 g/mol. The molecular formula is C10H15ClN4O3S. The standard InChI is InChI=1S/C10H15ClN4O3S/c1-3-18-9-13-7(11)12-8(14-9)15-10(2)4-5-19(16,17)6-10/h3-6H2,1-2H3,(H,12,13,14,15). The lowest BCUT2D eigenvalue weighted by atomic mass is 10.0. The Morgan fingerprint density at radius 3 is 2.74 bits per heavy atom. The highest BCUT2D eigenvalue weighted by atomic mass is 35.5. The molecule has 1 atom stereocenters. The second-order valence-corrected chi connectivity index (χ2v) is 7.19. The quantitative estimate of drug-likeness (QED) is 0.883. The van der Waals surface area contributed by atoms with Crippen molar-refractivity contribution >= 4 is 27.4 Å². The zero-order chi connectivity index (χ0) is 14.1. The van der Waals surface area contributed by atoms with Crippen molar-refractivity contribution < 1.29 is 13.2 Å². The molecule has 1 aromatic heterocycles. The van der Waals surface area contributed by atoms with E-state index in [1.807, 2.05) is 6.92 Å². The van der Waals surface area contributed by atoms with E-state index in [0.717, 1.165) is 0 Å². The summed E-state index contributed by atoms with van der Waals surface area (Å²) in [7, 11) is -3.00. The van der Waals surface area contributed by atoms with Gasteiger partial charge >= 0.3 is 6.01 Å². The van der Waals surface area contributed by atoms with Crippen molar-refractivity contribution in [2.75, 3.05) is 23.4 Å². The highest BCUT2D eigenvalue weighted by Gasteiger charge is 2.39. The normalized spacial score (nSPS) is 25.2. The van der Waals surface area contributed by atoms with Crippen LogP contribution in [0.3, 0.4) is 0 Å². The number of aromatic nitrogens is 3. The van der Waals surface area contributed by atoms with Gasteiger partial charge in [0.05, 0.1) is 23.7 Å². The predicted octanol–water partition coefficient (Wildman–Crippen LogP) is 0.913. The number of nitrogens with one attached hydrogen (secondary N) is 1. The predicted molar refractivity (Wildman–Crippen MR) is 71.3 cm³/mol. The summed E-state index contributed by atoms with van der Waals surface area (Å²) in [6.45, 7) is 4.02. The molecule has 1 aliphatic rings. The molecule has 2 rings (SSSR count). The van der Waals surface area contributed by atoms with E-state index in [1.165, 1.54) is 0 Å². The van der Waals surface area contributed by atoms with Crippen LogP contribution >= 0.6 is 11.6 Å². The van der Waals surface area contributed by atoms with E-state index >= 15 is 0 Å². The molecule has 0 aromatic carbocycles. The molecule has 0 bridgehead atoms. The first kappa shape index (κ1) is 14.3. The van der Waals surface area contributed by atoms with Gasteiger partial charge in [0.15, 0.2) is 9.84 Å². The van der Waals surface area contributed by atoms with Gasteiger partial charge in [-0.1, -0.05) is 0 Å². The molecule has 1 unspecified atom stereocenters. The largest absolute Gasteiger partial charge is 0.464 e. The molecule has 1 aliphatic heterocycles. The summed E-state index contributed by atoms with van der Waals surface area (Å²) in [5, 5.41) is 3.01. The number of hydrogen-bond acceptors (Lipinski definition) is 7. The summed E-state index contributed by atoms with van der Waals surface area (Å²) in [4.78, 5) is 11.8. The summed E-state index contributed by atoms with van der Waals surface area (Å²) in [6, 6.07) is 0.120. The Bertz CT molecular complexity index is 580. The van der Waals surface area contributed by atoms with Gasteiger partial charge in [0.2, 0.25) is 11.2 Å². The van der Waals surface area contributed by atoms with Crippen molar-refractivity contribution in [2.45, 2.75) is 25.8 Å². The Kier molecular flexibility index (Phi) is 3.82. The monoisotopic (exact) mass is 306 g/mol. The Morgan fingerprint density at radius 2 is 2.16 bits per heavy atom. The molecule has 2 heterocycles. The molecule has 0 aliphatic carbocycles. The van der Waals surface area contributed by atoms with E-state index < -0.39 is 15.4 Å². The molecule has 0 spiro atoms. The number of anilines is 1. The van der Waals surface area contributed by atoms with Crippen molar-refractivity contribution in [3.05, 3.63) is 5.28 Å². The Morgan fingerprint density at radius 1 is 1.42 bits per heavy atom. The third-order valence-corrected chi connectivity index (χ3v) is 4.85. The molecule has 7 nitrogen and oxygen atoms in total. The molecule has 1 N–H and O–H groups in total. The molecule has 106 valence electrons. The summed E-state index contributed by atoms with van der Waals surface area (Å²) in [5.74, 6) is 0.434. The molecule has 1 fully saturated rings. The fraction of sp³-hybridized carbons (Fsp3) is 0.700. The molecule has 0 saturated carbocycles. The lowest BCUT2D eigenvalue weighted by molar-refractivity contribution is 0.311. The van der Waals surface area contributed by atoms with Crippen LogP contribution in [0.25, 0.3) is 0 Å². The smallest absolute Gasteiger partial charge is 0.322 e. The first-order chi connectivity index (χ1) is 8.82. The number of rotatable bonds is 4. The highest BCUT2D eigenvalue weighted by Crippen LogP contribution is 2.26. The number of hydrogen-bond donors (Lipinski definition) is 1. The van der Waals surface area contributed by atoms with Gasteiger partial charge < -0.3 is 10.1 Å². The molecule has 1 saturated heterocycles. The van der Waals surface area contributed by atoms with E-state index in [9.17, 15) is 8.42 Å². The Hall–Kier alpha value is -1.15. The van der Waals surface area contributed by atoms with Crippen LogP contribution in [-0.2, 0) is 9.84 Å². The Labute approximate surface area is 116 Å². The van der Waals surface area contributed by atoms with Crippen LogP contribution in [-0.4, -0.2) is 47.0 Å². The maximum Gasteiger partial charge on any atom is 0.322 e. The van der Waals surface area contributed by atoms with E-state index in [4.69, 9.17) is 16.3 Å². The van der Waals surface area contributed by atoms with Crippen molar-refractivity contribution in [1.82, 2.24) is 15.0 Å². The van der Waals surface area contributed by atoms with Crippen LogP contribution in [0.2, 0.25) is 5.28 Å². The van der Waals surface area contributed by atoms with Gasteiger partial charge in [0.25, 0.3) is 0 Å². The van der Waals surface area contributed by atoms with Crippen LogP contribution in [0.4, 0.5) is 5.95 Å². The SMILES string of the molecule is CCOc1nc(Cl)nc(NC2(C)CCS(=O)(=O)C2)n1. The van der Waals surface area contributed by atoms with Gasteiger partial charge in [-0.25, -0.2) is 8.42 Å². The topological polar surface area (TPSA) is 94.1 Å². The van der Waals surface area contributed by atoms with Gasteiger partial charge in [0, 0.05) is 0 Å². The minimum Gasteiger partial charge on any atom is -0.464 e. The van der Waals surface area contributed by atoms with Gasteiger partial charge in [0.1, 0.15) is 0 Å². The first-order valence-corrected chi connectivity index (χ1v) is 8.05. The van der Waals surface area contributed by atoms with Crippen LogP contribution in [0.5, 0.6) is 6.01 Å². The average molecular weight is 307 g/mol.